The lowest BCUT2D eigenvalue weighted by atomic mass is 10.1. The normalized spacial score (nSPS) is 11.7. The summed E-state index contributed by atoms with van der Waals surface area (Å²) in [6, 6.07) is 9.10. The van der Waals surface area contributed by atoms with E-state index in [0.717, 1.165) is 12.8 Å². The Morgan fingerprint density at radius 2 is 1.74 bits per heavy atom. The van der Waals surface area contributed by atoms with E-state index in [1.807, 2.05) is 32.0 Å². The molecule has 0 aliphatic heterocycles. The summed E-state index contributed by atoms with van der Waals surface area (Å²) in [4.78, 5) is 23.2. The third-order valence-corrected chi connectivity index (χ3v) is 3.03. The quantitative estimate of drug-likeness (QED) is 0.738. The standard InChI is InChI=1S/C15H22N2O2/c1-3-12(2)14(18)16-10-7-11-17-15(19)13-8-5-4-6-9-13/h4-6,8-9,12H,3,7,10-11H2,1-2H3,(H,16,18)(H,17,19). The summed E-state index contributed by atoms with van der Waals surface area (Å²) in [5.74, 6) is 0.0599. The smallest absolute Gasteiger partial charge is 0.251 e. The van der Waals surface area contributed by atoms with Crippen LogP contribution in [0.25, 0.3) is 0 Å². The highest BCUT2D eigenvalue weighted by Gasteiger charge is 2.09. The van der Waals surface area contributed by atoms with Crippen molar-refractivity contribution < 1.29 is 9.59 Å². The molecule has 0 aliphatic carbocycles. The van der Waals surface area contributed by atoms with E-state index >= 15 is 0 Å². The SMILES string of the molecule is CCC(C)C(=O)NCCCNC(=O)c1ccccc1. The van der Waals surface area contributed by atoms with Crippen molar-refractivity contribution in [2.45, 2.75) is 26.7 Å². The van der Waals surface area contributed by atoms with Crippen LogP contribution in [0.1, 0.15) is 37.0 Å². The second-order valence-electron chi connectivity index (χ2n) is 4.58. The molecule has 0 spiro atoms. The minimum Gasteiger partial charge on any atom is -0.356 e. The number of rotatable bonds is 7. The Morgan fingerprint density at radius 3 is 2.37 bits per heavy atom. The van der Waals surface area contributed by atoms with Crippen molar-refractivity contribution >= 4 is 11.8 Å². The average molecular weight is 262 g/mol. The highest BCUT2D eigenvalue weighted by atomic mass is 16.2. The van der Waals surface area contributed by atoms with Crippen molar-refractivity contribution in [3.05, 3.63) is 35.9 Å². The van der Waals surface area contributed by atoms with Gasteiger partial charge in [0.05, 0.1) is 0 Å². The van der Waals surface area contributed by atoms with Gasteiger partial charge in [0.1, 0.15) is 0 Å². The highest BCUT2D eigenvalue weighted by Crippen LogP contribution is 1.99. The molecule has 1 aromatic rings. The van der Waals surface area contributed by atoms with Crippen LogP contribution in [0.5, 0.6) is 0 Å². The number of amides is 2. The summed E-state index contributed by atoms with van der Waals surface area (Å²) in [5, 5.41) is 5.68. The molecule has 0 radical (unpaired) electrons. The first-order valence-corrected chi connectivity index (χ1v) is 6.76. The van der Waals surface area contributed by atoms with Crippen molar-refractivity contribution in [3.63, 3.8) is 0 Å². The van der Waals surface area contributed by atoms with E-state index in [2.05, 4.69) is 10.6 Å². The number of nitrogens with one attached hydrogen (secondary N) is 2. The van der Waals surface area contributed by atoms with E-state index in [9.17, 15) is 9.59 Å². The second kappa shape index (κ2) is 8.29. The molecule has 2 N–H and O–H groups in total. The van der Waals surface area contributed by atoms with Gasteiger partial charge >= 0.3 is 0 Å². The molecule has 19 heavy (non-hydrogen) atoms. The van der Waals surface area contributed by atoms with Gasteiger partial charge in [-0.2, -0.15) is 0 Å². The van der Waals surface area contributed by atoms with Crippen LogP contribution in [-0.4, -0.2) is 24.9 Å². The maximum absolute atomic E-state index is 11.7. The molecule has 1 aromatic carbocycles. The third-order valence-electron chi connectivity index (χ3n) is 3.03. The van der Waals surface area contributed by atoms with Gasteiger partial charge in [0, 0.05) is 24.6 Å². The van der Waals surface area contributed by atoms with Crippen LogP contribution in [0.4, 0.5) is 0 Å². The Bertz CT molecular complexity index is 404. The number of carbonyl (C=O) groups excluding carboxylic acids is 2. The van der Waals surface area contributed by atoms with Gasteiger partial charge in [-0.1, -0.05) is 32.0 Å². The summed E-state index contributed by atoms with van der Waals surface area (Å²) in [5.41, 5.74) is 0.658. The van der Waals surface area contributed by atoms with Gasteiger partial charge in [-0.05, 0) is 25.0 Å². The molecule has 0 bridgehead atoms. The summed E-state index contributed by atoms with van der Waals surface area (Å²) >= 11 is 0. The van der Waals surface area contributed by atoms with Crippen LogP contribution in [0.2, 0.25) is 0 Å². The first-order chi connectivity index (χ1) is 9.15. The molecule has 1 atom stereocenters. The molecule has 0 saturated carbocycles. The van der Waals surface area contributed by atoms with Crippen LogP contribution in [0.3, 0.4) is 0 Å². The van der Waals surface area contributed by atoms with E-state index in [1.165, 1.54) is 0 Å². The van der Waals surface area contributed by atoms with Crippen LogP contribution in [0, 0.1) is 5.92 Å². The molecule has 1 rings (SSSR count). The molecule has 4 heteroatoms. The minimum atomic E-state index is -0.0751. The Labute approximate surface area is 114 Å². The highest BCUT2D eigenvalue weighted by molar-refractivity contribution is 5.94. The molecule has 104 valence electrons. The zero-order valence-corrected chi connectivity index (χ0v) is 11.6. The predicted molar refractivity (Wildman–Crippen MR) is 75.9 cm³/mol. The summed E-state index contributed by atoms with van der Waals surface area (Å²) in [7, 11) is 0. The monoisotopic (exact) mass is 262 g/mol. The topological polar surface area (TPSA) is 58.2 Å². The zero-order valence-electron chi connectivity index (χ0n) is 11.6. The van der Waals surface area contributed by atoms with Crippen LogP contribution in [0.15, 0.2) is 30.3 Å². The predicted octanol–water partition coefficient (Wildman–Crippen LogP) is 1.97. The van der Waals surface area contributed by atoms with Crippen molar-refractivity contribution in [2.75, 3.05) is 13.1 Å². The molecule has 0 fully saturated rings. The molecule has 0 aromatic heterocycles. The molecular formula is C15H22N2O2. The summed E-state index contributed by atoms with van der Waals surface area (Å²) in [6.45, 7) is 5.06. The van der Waals surface area contributed by atoms with Gasteiger partial charge in [0.25, 0.3) is 5.91 Å². The van der Waals surface area contributed by atoms with Gasteiger partial charge < -0.3 is 10.6 Å². The molecule has 1 unspecified atom stereocenters. The number of carbonyl (C=O) groups is 2. The zero-order chi connectivity index (χ0) is 14.1. The first-order valence-electron chi connectivity index (χ1n) is 6.76. The fourth-order valence-corrected chi connectivity index (χ4v) is 1.55. The summed E-state index contributed by atoms with van der Waals surface area (Å²) < 4.78 is 0. The second-order valence-corrected chi connectivity index (χ2v) is 4.58. The Kier molecular flexibility index (Phi) is 6.64. The van der Waals surface area contributed by atoms with Crippen molar-refractivity contribution in [3.8, 4) is 0 Å². The van der Waals surface area contributed by atoms with Gasteiger partial charge in [0.2, 0.25) is 5.91 Å². The van der Waals surface area contributed by atoms with E-state index in [0.29, 0.717) is 18.7 Å². The lowest BCUT2D eigenvalue weighted by molar-refractivity contribution is -0.124. The van der Waals surface area contributed by atoms with Gasteiger partial charge in [-0.3, -0.25) is 9.59 Å². The third kappa shape index (κ3) is 5.55. The lowest BCUT2D eigenvalue weighted by Crippen LogP contribution is -2.32. The van der Waals surface area contributed by atoms with E-state index in [-0.39, 0.29) is 17.7 Å². The van der Waals surface area contributed by atoms with E-state index in [4.69, 9.17) is 0 Å². The number of hydrogen-bond acceptors (Lipinski definition) is 2. The van der Waals surface area contributed by atoms with Crippen LogP contribution >= 0.6 is 0 Å². The summed E-state index contributed by atoms with van der Waals surface area (Å²) in [6.07, 6.45) is 1.58. The molecule has 0 heterocycles. The van der Waals surface area contributed by atoms with Crippen molar-refractivity contribution in [2.24, 2.45) is 5.92 Å². The lowest BCUT2D eigenvalue weighted by Gasteiger charge is -2.10. The molecule has 4 nitrogen and oxygen atoms in total. The largest absolute Gasteiger partial charge is 0.356 e. The Morgan fingerprint density at radius 1 is 1.11 bits per heavy atom. The maximum Gasteiger partial charge on any atom is 0.251 e. The van der Waals surface area contributed by atoms with Crippen LogP contribution < -0.4 is 10.6 Å². The van der Waals surface area contributed by atoms with E-state index < -0.39 is 0 Å². The Balaban J connectivity index is 2.15. The maximum atomic E-state index is 11.7. The van der Waals surface area contributed by atoms with E-state index in [1.54, 1.807) is 12.1 Å². The van der Waals surface area contributed by atoms with Crippen LogP contribution in [-0.2, 0) is 4.79 Å². The molecular weight excluding hydrogens is 240 g/mol. The first kappa shape index (κ1) is 15.2. The molecule has 2 amide bonds. The minimum absolute atomic E-state index is 0.0545. The van der Waals surface area contributed by atoms with Gasteiger partial charge in [0.15, 0.2) is 0 Å². The van der Waals surface area contributed by atoms with Crippen molar-refractivity contribution in [1.29, 1.82) is 0 Å². The number of hydrogen-bond donors (Lipinski definition) is 2. The average Bonchev–Trinajstić information content (AvgIpc) is 2.46. The van der Waals surface area contributed by atoms with Gasteiger partial charge in [-0.25, -0.2) is 0 Å². The van der Waals surface area contributed by atoms with Crippen molar-refractivity contribution in [1.82, 2.24) is 10.6 Å². The molecule has 0 aliphatic rings. The number of benzene rings is 1. The molecule has 0 saturated heterocycles. The Hall–Kier alpha value is -1.84. The fourth-order valence-electron chi connectivity index (χ4n) is 1.55. The van der Waals surface area contributed by atoms with Gasteiger partial charge in [-0.15, -0.1) is 0 Å². The fraction of sp³-hybridized carbons (Fsp3) is 0.467.